The summed E-state index contributed by atoms with van der Waals surface area (Å²) in [7, 11) is -1.40. The van der Waals surface area contributed by atoms with Crippen molar-refractivity contribution < 1.29 is 200 Å². The third-order valence-electron chi connectivity index (χ3n) is 21.2. The number of esters is 9. The van der Waals surface area contributed by atoms with E-state index in [1.165, 1.54) is 20.8 Å². The number of carbonyl (C=O) groups is 17. The second kappa shape index (κ2) is 71.9. The molecule has 3 aliphatic heterocycles. The van der Waals surface area contributed by atoms with Crippen molar-refractivity contribution in [3.8, 4) is 6.07 Å². The van der Waals surface area contributed by atoms with Crippen LogP contribution in [0.3, 0.4) is 0 Å². The minimum Gasteiger partial charge on any atom is -0.463 e. The predicted molar refractivity (Wildman–Crippen MR) is 499 cm³/mol. The second-order valence-electron chi connectivity index (χ2n) is 34.6. The number of nitriles is 1. The fraction of sp³-hybridized carbons (Fsp3) is 0.804. The number of carbonyl (C=O) groups excluding carboxylic acids is 17. The van der Waals surface area contributed by atoms with Crippen LogP contribution < -0.4 is 42.5 Å². The number of ketones is 1. The molecule has 145 heavy (non-hydrogen) atoms. The van der Waals surface area contributed by atoms with Crippen molar-refractivity contribution in [2.24, 2.45) is 5.92 Å². The lowest BCUT2D eigenvalue weighted by Crippen LogP contribution is -2.66. The van der Waals surface area contributed by atoms with E-state index in [0.717, 1.165) is 88.0 Å². The van der Waals surface area contributed by atoms with E-state index in [4.69, 9.17) is 123 Å². The third kappa shape index (κ3) is 54.2. The van der Waals surface area contributed by atoms with Crippen LogP contribution in [-0.4, -0.2) is 406 Å². The molecule has 1 unspecified atom stereocenters. The third-order valence-corrected chi connectivity index (χ3v) is 23.4. The summed E-state index contributed by atoms with van der Waals surface area (Å²) in [6.07, 6.45) is -13.1. The maximum Gasteiger partial charge on any atom is 0.303 e. The summed E-state index contributed by atoms with van der Waals surface area (Å²) in [5, 5.41) is 31.2. The van der Waals surface area contributed by atoms with Gasteiger partial charge in [-0.25, -0.2) is 4.67 Å². The van der Waals surface area contributed by atoms with Crippen molar-refractivity contribution in [1.82, 2.24) is 47.2 Å². The molecule has 0 aromatic heterocycles. The molecule has 0 spiro atoms. The molecule has 4 fully saturated rings. The molecule has 4 rings (SSSR count). The summed E-state index contributed by atoms with van der Waals surface area (Å²) in [5.74, 6) is -10.5. The average molecular weight is 2100 g/mol. The van der Waals surface area contributed by atoms with Gasteiger partial charge in [0.25, 0.3) is 8.53 Å². The van der Waals surface area contributed by atoms with Gasteiger partial charge in [0.1, 0.15) is 67.6 Å². The first-order valence-electron chi connectivity index (χ1n) is 48.3. The van der Waals surface area contributed by atoms with Crippen LogP contribution in [0.2, 0.25) is 0 Å². The Morgan fingerprint density at radius 3 is 1.04 bits per heavy atom. The van der Waals surface area contributed by atoms with Crippen LogP contribution in [0.15, 0.2) is 0 Å². The second-order valence-corrected chi connectivity index (χ2v) is 36.0. The van der Waals surface area contributed by atoms with E-state index >= 15 is 0 Å². The van der Waals surface area contributed by atoms with Crippen molar-refractivity contribution in [2.45, 2.75) is 291 Å². The van der Waals surface area contributed by atoms with Gasteiger partial charge in [-0.15, -0.1) is 0 Å². The average Bonchev–Trinajstić information content (AvgIpc) is 0.792. The molecular formula is C92H151N10O42P. The summed E-state index contributed by atoms with van der Waals surface area (Å²) in [6, 6.07) is -1.25. The predicted octanol–water partition coefficient (Wildman–Crippen LogP) is -0.699. The molecule has 8 N–H and O–H groups in total. The summed E-state index contributed by atoms with van der Waals surface area (Å²) < 4.78 is 146. The highest BCUT2D eigenvalue weighted by atomic mass is 31.2. The fourth-order valence-corrected chi connectivity index (χ4v) is 17.1. The largest absolute Gasteiger partial charge is 0.463 e. The van der Waals surface area contributed by atoms with Crippen LogP contribution in [0.4, 0.5) is 0 Å². The maximum atomic E-state index is 14.2. The Hall–Kier alpha value is -9.61. The minimum absolute atomic E-state index is 0.0282. The Bertz CT molecular complexity index is 3900. The molecule has 52 nitrogen and oxygen atoms in total. The standard InChI is InChI=1S/C92H151N10O42P/c1-56(2)102(57(3)4)145(134-31-17-26-93)144-72-20-18-70(19-21-72)48-79(119)97-30-39-122-41-40-120-33-25-78(118)101-92(54-126-34-23-76(116)95-28-37-123-43-46-129-90-81(99-59(6)104)87(139-68(15)113)84(136-65(12)110)74(142-90)51-132-62(9)107,55-127-35-24-77(117)96-29-38-124-44-47-130-91-82(100-60(7)105)88(140-69(16)114)85(137-66(13)111)75(143-91)52-133-63(10)108)53-125-32-22-71(115)49-94-27-36-121-42-45-128-89-80(98-58(5)103)86(138-67(14)112)83(135-64(11)109)73(141-89)50-131-61(8)106/h56-57,70,72-75,80-91,94H,17-25,27-55H2,1-16H3,(H,95,116)(H,96,117)(H,97,119)(H,98,103)(H,99,104)(H,100,105)(H,101,118)/t70?,72?,73-,74-,75-,80-,81-,82-,83+,84+,85+,86-,87-,88-,89-,90-,91-,145?/m1/s1. The monoisotopic (exact) mass is 2100 g/mol. The molecule has 7 amide bonds. The number of hydrogen-bond donors (Lipinski definition) is 8. The number of amides is 7. The highest BCUT2D eigenvalue weighted by Crippen LogP contribution is 2.49. The summed E-state index contributed by atoms with van der Waals surface area (Å²) in [4.78, 5) is 214. The quantitative estimate of drug-likeness (QED) is 0.0162. The minimum atomic E-state index is -1.61. The van der Waals surface area contributed by atoms with Crippen LogP contribution in [0.1, 0.15) is 175 Å². The Morgan fingerprint density at radius 1 is 0.372 bits per heavy atom. The normalized spacial score (nSPS) is 22.6. The van der Waals surface area contributed by atoms with Gasteiger partial charge in [-0.2, -0.15) is 5.26 Å². The first-order valence-corrected chi connectivity index (χ1v) is 49.4. The van der Waals surface area contributed by atoms with Gasteiger partial charge in [0.15, 0.2) is 55.5 Å². The molecule has 826 valence electrons. The first-order chi connectivity index (χ1) is 69.0. The molecule has 3 heterocycles. The van der Waals surface area contributed by atoms with Crippen molar-refractivity contribution in [1.29, 1.82) is 5.26 Å². The number of Topliss-reactive ketones (excluding diaryl/α,β-unsaturated/α-hetero) is 1. The molecule has 0 bridgehead atoms. The molecule has 3 saturated heterocycles. The van der Waals surface area contributed by atoms with Gasteiger partial charge in [-0.05, 0) is 59.3 Å². The van der Waals surface area contributed by atoms with Crippen molar-refractivity contribution in [3.05, 3.63) is 0 Å². The molecule has 0 aromatic rings. The van der Waals surface area contributed by atoms with Crippen molar-refractivity contribution in [3.63, 3.8) is 0 Å². The molecule has 0 radical (unpaired) electrons. The summed E-state index contributed by atoms with van der Waals surface area (Å²) in [5.41, 5.74) is -1.61. The Labute approximate surface area is 845 Å². The van der Waals surface area contributed by atoms with Gasteiger partial charge in [-0.3, -0.25) is 81.5 Å². The zero-order valence-corrected chi connectivity index (χ0v) is 86.7. The van der Waals surface area contributed by atoms with E-state index in [1.807, 2.05) is 0 Å². The van der Waals surface area contributed by atoms with Gasteiger partial charge in [-0.1, -0.05) is 0 Å². The van der Waals surface area contributed by atoms with Gasteiger partial charge in [0, 0.05) is 153 Å². The van der Waals surface area contributed by atoms with E-state index in [0.29, 0.717) is 6.42 Å². The Kier molecular flexibility index (Phi) is 63.3. The smallest absolute Gasteiger partial charge is 0.303 e. The molecule has 16 atom stereocenters. The number of hydrogen-bond acceptors (Lipinski definition) is 45. The summed E-state index contributed by atoms with van der Waals surface area (Å²) in [6.45, 7) is 18.3. The molecule has 1 saturated carbocycles. The Balaban J connectivity index is 1.47. The molecule has 0 aromatic carbocycles. The van der Waals surface area contributed by atoms with Gasteiger partial charge in [0.05, 0.1) is 157 Å². The molecule has 53 heteroatoms. The van der Waals surface area contributed by atoms with E-state index in [9.17, 15) is 81.5 Å². The van der Waals surface area contributed by atoms with E-state index in [1.54, 1.807) is 0 Å². The zero-order chi connectivity index (χ0) is 107. The topological polar surface area (TPSA) is 644 Å². The van der Waals surface area contributed by atoms with E-state index < -0.39 is 228 Å². The number of nitrogens with zero attached hydrogens (tertiary/aromatic N) is 2. The first kappa shape index (κ1) is 128. The number of nitrogens with one attached hydrogen (secondary N) is 8. The van der Waals surface area contributed by atoms with Crippen LogP contribution in [0.25, 0.3) is 0 Å². The van der Waals surface area contributed by atoms with Crippen LogP contribution >= 0.6 is 8.53 Å². The molecule has 4 aliphatic rings. The summed E-state index contributed by atoms with van der Waals surface area (Å²) >= 11 is 0. The number of rotatable bonds is 73. The van der Waals surface area contributed by atoms with Gasteiger partial charge in [0.2, 0.25) is 41.4 Å². The van der Waals surface area contributed by atoms with Crippen LogP contribution in [-0.2, 0) is 200 Å². The fourth-order valence-electron chi connectivity index (χ4n) is 15.3. The molecule has 1 aliphatic carbocycles. The van der Waals surface area contributed by atoms with Crippen molar-refractivity contribution >= 4 is 109 Å². The van der Waals surface area contributed by atoms with E-state index in [2.05, 4.69) is 81.0 Å². The lowest BCUT2D eigenvalue weighted by molar-refractivity contribution is -0.279. The lowest BCUT2D eigenvalue weighted by atomic mass is 9.85. The van der Waals surface area contributed by atoms with Crippen molar-refractivity contribution in [2.75, 3.05) is 185 Å². The van der Waals surface area contributed by atoms with Gasteiger partial charge < -0.3 is 161 Å². The zero-order valence-electron chi connectivity index (χ0n) is 85.8. The Morgan fingerprint density at radius 2 is 0.697 bits per heavy atom. The number of ether oxygens (including phenoxy) is 23. The van der Waals surface area contributed by atoms with E-state index in [-0.39, 0.29) is 220 Å². The maximum absolute atomic E-state index is 14.2. The molecular weight excluding hydrogens is 1950 g/mol. The highest BCUT2D eigenvalue weighted by Gasteiger charge is 2.55. The van der Waals surface area contributed by atoms with Crippen LogP contribution in [0, 0.1) is 17.2 Å². The van der Waals surface area contributed by atoms with Crippen LogP contribution in [0.5, 0.6) is 0 Å². The lowest BCUT2D eigenvalue weighted by Gasteiger charge is -2.44. The SMILES string of the molecule is CC(=O)N[C@H]1[C@H](OCCOCCNCC(=O)CCOCC(COCCC(=O)NCCOCCO[C@@H]2O[C@H](COC(C)=O)[C@H](OC(C)=O)[C@H](OC(C)=O)[C@H]2NC(C)=O)(COCCC(=O)NCCOCCO[C@@H]2O[C@H](COC(C)=O)[C@H](OC(C)=O)[C@H](OC(C)=O)[C@H]2NC(C)=O)NC(=O)CCOCCOCCNC(=O)CC2CCC(OP(OCCC#N)N(C(C)C)C(C)C)CC2)O[C@H](COC(C)=O)[C@H](OC(C)=O)[C@@H]1OC(C)=O. The van der Waals surface area contributed by atoms with Gasteiger partial charge >= 0.3 is 53.7 Å². The highest BCUT2D eigenvalue weighted by molar-refractivity contribution is 7.44.